The molecule has 0 saturated heterocycles. The molecule has 0 unspecified atom stereocenters. The standard InChI is InChI=1S/C19H14Cl2N2/c20-17-10-16(11-18(21)12-17)15-8-6-14(7-9-15)13-22-23-19-4-2-1-3-5-19/h1-13,23H. The summed E-state index contributed by atoms with van der Waals surface area (Å²) in [7, 11) is 0. The summed E-state index contributed by atoms with van der Waals surface area (Å²) < 4.78 is 0. The van der Waals surface area contributed by atoms with Gasteiger partial charge in [-0.3, -0.25) is 5.43 Å². The molecule has 0 aliphatic rings. The van der Waals surface area contributed by atoms with Crippen molar-refractivity contribution in [3.8, 4) is 11.1 Å². The van der Waals surface area contributed by atoms with Crippen molar-refractivity contribution in [2.45, 2.75) is 0 Å². The van der Waals surface area contributed by atoms with E-state index in [2.05, 4.69) is 10.5 Å². The van der Waals surface area contributed by atoms with Crippen molar-refractivity contribution in [2.24, 2.45) is 5.10 Å². The Bertz CT molecular complexity index is 792. The number of nitrogens with zero attached hydrogens (tertiary/aromatic N) is 1. The lowest BCUT2D eigenvalue weighted by molar-refractivity contribution is 1.35. The van der Waals surface area contributed by atoms with Gasteiger partial charge in [0.05, 0.1) is 11.9 Å². The summed E-state index contributed by atoms with van der Waals surface area (Å²) in [5, 5.41) is 5.48. The van der Waals surface area contributed by atoms with Crippen molar-refractivity contribution >= 4 is 35.1 Å². The maximum absolute atomic E-state index is 6.04. The van der Waals surface area contributed by atoms with Crippen molar-refractivity contribution in [2.75, 3.05) is 5.43 Å². The van der Waals surface area contributed by atoms with E-state index in [1.54, 1.807) is 12.3 Å². The summed E-state index contributed by atoms with van der Waals surface area (Å²) in [6, 6.07) is 23.4. The molecule has 114 valence electrons. The summed E-state index contributed by atoms with van der Waals surface area (Å²) in [6.45, 7) is 0. The molecule has 0 radical (unpaired) electrons. The normalized spacial score (nSPS) is 10.9. The van der Waals surface area contributed by atoms with Gasteiger partial charge < -0.3 is 0 Å². The molecular weight excluding hydrogens is 327 g/mol. The summed E-state index contributed by atoms with van der Waals surface area (Å²) >= 11 is 12.1. The number of halogens is 2. The molecule has 4 heteroatoms. The molecular formula is C19H14Cl2N2. The van der Waals surface area contributed by atoms with E-state index >= 15 is 0 Å². The predicted octanol–water partition coefficient (Wildman–Crippen LogP) is 6.11. The van der Waals surface area contributed by atoms with Crippen LogP contribution in [0.3, 0.4) is 0 Å². The van der Waals surface area contributed by atoms with Crippen LogP contribution in [-0.4, -0.2) is 6.21 Å². The number of para-hydroxylation sites is 1. The molecule has 3 aromatic carbocycles. The highest BCUT2D eigenvalue weighted by Crippen LogP contribution is 2.27. The molecule has 0 atom stereocenters. The van der Waals surface area contributed by atoms with Crippen molar-refractivity contribution < 1.29 is 0 Å². The highest BCUT2D eigenvalue weighted by Gasteiger charge is 2.01. The second kappa shape index (κ2) is 7.32. The zero-order chi connectivity index (χ0) is 16.1. The van der Waals surface area contributed by atoms with Crippen LogP contribution in [0.15, 0.2) is 77.9 Å². The third kappa shape index (κ3) is 4.35. The molecule has 0 heterocycles. The van der Waals surface area contributed by atoms with E-state index in [-0.39, 0.29) is 0 Å². The summed E-state index contributed by atoms with van der Waals surface area (Å²) in [4.78, 5) is 0. The van der Waals surface area contributed by atoms with E-state index in [9.17, 15) is 0 Å². The Labute approximate surface area is 145 Å². The first-order chi connectivity index (χ1) is 11.2. The van der Waals surface area contributed by atoms with Crippen LogP contribution >= 0.6 is 23.2 Å². The van der Waals surface area contributed by atoms with Crippen molar-refractivity contribution in [1.82, 2.24) is 0 Å². The van der Waals surface area contributed by atoms with Gasteiger partial charge in [-0.2, -0.15) is 5.10 Å². The van der Waals surface area contributed by atoms with Gasteiger partial charge in [0, 0.05) is 10.0 Å². The lowest BCUT2D eigenvalue weighted by atomic mass is 10.0. The average Bonchev–Trinajstić information content (AvgIpc) is 2.56. The molecule has 2 nitrogen and oxygen atoms in total. The lowest BCUT2D eigenvalue weighted by Gasteiger charge is -2.04. The van der Waals surface area contributed by atoms with Crippen LogP contribution in [0.2, 0.25) is 10.0 Å². The average molecular weight is 341 g/mol. The molecule has 0 amide bonds. The number of hydrogen-bond acceptors (Lipinski definition) is 2. The first-order valence-electron chi connectivity index (χ1n) is 7.11. The molecule has 0 aliphatic carbocycles. The van der Waals surface area contributed by atoms with E-state index in [0.717, 1.165) is 22.4 Å². The Hall–Kier alpha value is -2.29. The van der Waals surface area contributed by atoms with Crippen LogP contribution in [-0.2, 0) is 0 Å². The lowest BCUT2D eigenvalue weighted by Crippen LogP contribution is -1.90. The van der Waals surface area contributed by atoms with Crippen LogP contribution < -0.4 is 5.43 Å². The molecule has 0 spiro atoms. The maximum atomic E-state index is 6.04. The van der Waals surface area contributed by atoms with Crippen LogP contribution in [0.5, 0.6) is 0 Å². The number of hydrazone groups is 1. The first kappa shape index (κ1) is 15.6. The Balaban J connectivity index is 1.72. The van der Waals surface area contributed by atoms with E-state index < -0.39 is 0 Å². The molecule has 0 aliphatic heterocycles. The maximum Gasteiger partial charge on any atom is 0.0561 e. The van der Waals surface area contributed by atoms with Crippen molar-refractivity contribution in [1.29, 1.82) is 0 Å². The predicted molar refractivity (Wildman–Crippen MR) is 99.6 cm³/mol. The molecule has 3 rings (SSSR count). The summed E-state index contributed by atoms with van der Waals surface area (Å²) in [5.41, 5.74) is 7.00. The topological polar surface area (TPSA) is 24.4 Å². The first-order valence-corrected chi connectivity index (χ1v) is 7.87. The molecule has 23 heavy (non-hydrogen) atoms. The van der Waals surface area contributed by atoms with Crippen LogP contribution in [0.1, 0.15) is 5.56 Å². The monoisotopic (exact) mass is 340 g/mol. The van der Waals surface area contributed by atoms with Gasteiger partial charge >= 0.3 is 0 Å². The fourth-order valence-electron chi connectivity index (χ4n) is 2.18. The largest absolute Gasteiger partial charge is 0.279 e. The van der Waals surface area contributed by atoms with Gasteiger partial charge in [-0.25, -0.2) is 0 Å². The Morgan fingerprint density at radius 1 is 0.739 bits per heavy atom. The minimum Gasteiger partial charge on any atom is -0.279 e. The number of hydrogen-bond donors (Lipinski definition) is 1. The summed E-state index contributed by atoms with van der Waals surface area (Å²) in [6.07, 6.45) is 1.78. The third-order valence-electron chi connectivity index (χ3n) is 3.29. The van der Waals surface area contributed by atoms with E-state index in [0.29, 0.717) is 10.0 Å². The SMILES string of the molecule is Clc1cc(Cl)cc(-c2ccc(C=NNc3ccccc3)cc2)c1. The van der Waals surface area contributed by atoms with Gasteiger partial charge in [0.15, 0.2) is 0 Å². The fourth-order valence-corrected chi connectivity index (χ4v) is 2.70. The number of nitrogens with one attached hydrogen (secondary N) is 1. The second-order valence-electron chi connectivity index (χ2n) is 5.02. The quantitative estimate of drug-likeness (QED) is 0.449. The van der Waals surface area contributed by atoms with Gasteiger partial charge in [0.25, 0.3) is 0 Å². The minimum atomic E-state index is 0.630. The van der Waals surface area contributed by atoms with Gasteiger partial charge in [-0.1, -0.05) is 65.7 Å². The Kier molecular flexibility index (Phi) is 4.96. The minimum absolute atomic E-state index is 0.630. The van der Waals surface area contributed by atoms with E-state index in [4.69, 9.17) is 23.2 Å². The summed E-state index contributed by atoms with van der Waals surface area (Å²) in [5.74, 6) is 0. The molecule has 0 saturated carbocycles. The zero-order valence-corrected chi connectivity index (χ0v) is 13.7. The third-order valence-corrected chi connectivity index (χ3v) is 3.72. The van der Waals surface area contributed by atoms with Crippen molar-refractivity contribution in [3.63, 3.8) is 0 Å². The molecule has 0 aromatic heterocycles. The molecule has 0 bridgehead atoms. The van der Waals surface area contributed by atoms with Gasteiger partial charge in [-0.15, -0.1) is 0 Å². The van der Waals surface area contributed by atoms with Gasteiger partial charge in [-0.05, 0) is 47.0 Å². The molecule has 1 N–H and O–H groups in total. The van der Waals surface area contributed by atoms with E-state index in [1.807, 2.05) is 66.7 Å². The highest BCUT2D eigenvalue weighted by molar-refractivity contribution is 6.35. The fraction of sp³-hybridized carbons (Fsp3) is 0. The molecule has 3 aromatic rings. The van der Waals surface area contributed by atoms with Crippen LogP contribution in [0, 0.1) is 0 Å². The van der Waals surface area contributed by atoms with Crippen molar-refractivity contribution in [3.05, 3.63) is 88.4 Å². The van der Waals surface area contributed by atoms with Crippen LogP contribution in [0.4, 0.5) is 5.69 Å². The Morgan fingerprint density at radius 2 is 1.39 bits per heavy atom. The number of benzene rings is 3. The van der Waals surface area contributed by atoms with Gasteiger partial charge in [0.1, 0.15) is 0 Å². The smallest absolute Gasteiger partial charge is 0.0561 e. The molecule has 0 fully saturated rings. The highest BCUT2D eigenvalue weighted by atomic mass is 35.5. The second-order valence-corrected chi connectivity index (χ2v) is 5.89. The van der Waals surface area contributed by atoms with E-state index in [1.165, 1.54) is 0 Å². The van der Waals surface area contributed by atoms with Gasteiger partial charge in [0.2, 0.25) is 0 Å². The van der Waals surface area contributed by atoms with Crippen LogP contribution in [0.25, 0.3) is 11.1 Å². The number of rotatable bonds is 4. The zero-order valence-electron chi connectivity index (χ0n) is 12.2. The Morgan fingerprint density at radius 3 is 2.04 bits per heavy atom. The number of anilines is 1.